The van der Waals surface area contributed by atoms with Crippen molar-refractivity contribution in [3.8, 4) is 0 Å². The van der Waals surface area contributed by atoms with Crippen molar-refractivity contribution in [2.24, 2.45) is 29.6 Å². The van der Waals surface area contributed by atoms with Gasteiger partial charge >= 0.3 is 29.6 Å². The molecule has 0 aromatic carbocycles. The van der Waals surface area contributed by atoms with E-state index in [9.17, 15) is 5.11 Å². The minimum absolute atomic E-state index is 0. The number of nitrogens with zero attached hydrogens (tertiary/aromatic N) is 1. The third kappa shape index (κ3) is 5.61. The smallest absolute Gasteiger partial charge is 0.392 e. The molecule has 0 bridgehead atoms. The van der Waals surface area contributed by atoms with Crippen LogP contribution in [0, 0.1) is 36.0 Å². The molecule has 168 valence electrons. The van der Waals surface area contributed by atoms with Gasteiger partial charge in [0.2, 0.25) is 0 Å². The van der Waals surface area contributed by atoms with E-state index in [1.807, 2.05) is 0 Å². The molecule has 0 aromatic rings. The van der Waals surface area contributed by atoms with E-state index < -0.39 is 0 Å². The number of hydrogen-bond acceptors (Lipinski definition) is 2. The van der Waals surface area contributed by atoms with E-state index in [0.717, 1.165) is 12.5 Å². The van der Waals surface area contributed by atoms with E-state index in [1.165, 1.54) is 62.1 Å². The molecule has 31 heavy (non-hydrogen) atoms. The van der Waals surface area contributed by atoms with Gasteiger partial charge < -0.3 is 21.3 Å². The van der Waals surface area contributed by atoms with Crippen LogP contribution in [-0.4, -0.2) is 55.9 Å². The van der Waals surface area contributed by atoms with E-state index in [2.05, 4.69) is 63.6 Å². The number of aliphatic hydroxyl groups excluding tert-OH is 1. The fourth-order valence-corrected chi connectivity index (χ4v) is 6.81. The standard InChI is InChI=1S/C27H43N2O.Na/c1-5-29-16-14-21(15-17-29)25(20-10-12-23(13-11-20)28(3)4)26-24-9-7-6-8-22(24)18-19(2)27(26)30;/h6,10-13,19,21-24,26-27,30H,5,7-9,14-18H2,1-4H3;/q-1;+1/p+1. The van der Waals surface area contributed by atoms with Gasteiger partial charge in [0.25, 0.3) is 0 Å². The minimum Gasteiger partial charge on any atom is -0.392 e. The molecule has 3 nitrogen and oxygen atoms in total. The Hall–Kier alpha value is 0.1000. The van der Waals surface area contributed by atoms with Crippen molar-refractivity contribution in [3.05, 3.63) is 41.9 Å². The third-order valence-corrected chi connectivity index (χ3v) is 8.67. The van der Waals surface area contributed by atoms with Gasteiger partial charge in [0.05, 0.1) is 20.2 Å². The number of aliphatic hydroxyl groups is 1. The summed E-state index contributed by atoms with van der Waals surface area (Å²) < 4.78 is 0. The predicted molar refractivity (Wildman–Crippen MR) is 125 cm³/mol. The van der Waals surface area contributed by atoms with Gasteiger partial charge in [0, 0.05) is 5.92 Å². The summed E-state index contributed by atoms with van der Waals surface area (Å²) in [5, 5.41) is 11.5. The molecule has 1 heterocycles. The van der Waals surface area contributed by atoms with Crippen molar-refractivity contribution < 1.29 is 39.6 Å². The summed E-state index contributed by atoms with van der Waals surface area (Å²) in [6.45, 7) is 8.15. The molecule has 5 unspecified atom stereocenters. The Balaban J connectivity index is 0.00000272. The zero-order valence-electron chi connectivity index (χ0n) is 20.7. The molecule has 2 N–H and O–H groups in total. The fraction of sp³-hybridized carbons (Fsp3) is 0.741. The molecule has 5 atom stereocenters. The first kappa shape index (κ1) is 25.7. The van der Waals surface area contributed by atoms with Gasteiger partial charge in [-0.05, 0) is 74.4 Å². The first-order valence-electron chi connectivity index (χ1n) is 12.6. The molecule has 4 heteroatoms. The molecular formula is C27H44N2NaO+. The largest absolute Gasteiger partial charge is 1.00 e. The van der Waals surface area contributed by atoms with Gasteiger partial charge in [-0.1, -0.05) is 43.9 Å². The van der Waals surface area contributed by atoms with Gasteiger partial charge in [0.1, 0.15) is 6.04 Å². The first-order valence-corrected chi connectivity index (χ1v) is 12.6. The number of quaternary nitrogens is 1. The molecule has 2 saturated carbocycles. The summed E-state index contributed by atoms with van der Waals surface area (Å²) in [6, 6.07) is 0.462. The Morgan fingerprint density at radius 1 is 1.16 bits per heavy atom. The summed E-state index contributed by atoms with van der Waals surface area (Å²) >= 11 is 0. The second kappa shape index (κ2) is 11.5. The van der Waals surface area contributed by atoms with Crippen molar-refractivity contribution >= 4 is 0 Å². The number of piperidine rings is 1. The average molecular weight is 436 g/mol. The van der Waals surface area contributed by atoms with Crippen LogP contribution < -0.4 is 34.5 Å². The Morgan fingerprint density at radius 3 is 2.45 bits per heavy atom. The maximum Gasteiger partial charge on any atom is 1.00 e. The monoisotopic (exact) mass is 435 g/mol. The second-order valence-corrected chi connectivity index (χ2v) is 10.7. The van der Waals surface area contributed by atoms with Crippen LogP contribution in [0.5, 0.6) is 0 Å². The molecule has 3 aliphatic carbocycles. The van der Waals surface area contributed by atoms with Crippen LogP contribution in [-0.2, 0) is 0 Å². The van der Waals surface area contributed by atoms with Crippen LogP contribution in [0.15, 0.2) is 35.5 Å². The summed E-state index contributed by atoms with van der Waals surface area (Å²) in [5.74, 6) is 2.80. The Kier molecular flexibility index (Phi) is 9.53. The second-order valence-electron chi connectivity index (χ2n) is 10.7. The molecule has 0 aromatic heterocycles. The normalized spacial score (nSPS) is 36.9. The summed E-state index contributed by atoms with van der Waals surface area (Å²) in [6.07, 6.45) is 19.3. The maximum atomic E-state index is 11.5. The van der Waals surface area contributed by atoms with Crippen LogP contribution in [0.3, 0.4) is 0 Å². The van der Waals surface area contributed by atoms with Gasteiger partial charge in [-0.3, -0.25) is 0 Å². The molecule has 3 fully saturated rings. The van der Waals surface area contributed by atoms with Crippen molar-refractivity contribution in [2.45, 2.75) is 64.5 Å². The molecular weight excluding hydrogens is 391 g/mol. The van der Waals surface area contributed by atoms with E-state index in [1.54, 1.807) is 5.57 Å². The maximum absolute atomic E-state index is 11.5. The number of hydrogen-bond donors (Lipinski definition) is 2. The molecule has 0 amide bonds. The van der Waals surface area contributed by atoms with Crippen molar-refractivity contribution in [1.82, 2.24) is 4.90 Å². The average Bonchev–Trinajstić information content (AvgIpc) is 2.77. The summed E-state index contributed by atoms with van der Waals surface area (Å²) in [5.41, 5.74) is 3.04. The number of likely N-dealkylation sites (N-methyl/N-ethyl adjacent to an activating group) is 1. The van der Waals surface area contributed by atoms with Gasteiger partial charge in [-0.25, -0.2) is 0 Å². The molecule has 4 aliphatic rings. The summed E-state index contributed by atoms with van der Waals surface area (Å²) in [4.78, 5) is 4.04. The molecule has 4 rings (SSSR count). The first-order chi connectivity index (χ1) is 14.5. The molecule has 0 spiro atoms. The Morgan fingerprint density at radius 2 is 1.84 bits per heavy atom. The number of rotatable bonds is 4. The van der Waals surface area contributed by atoms with Crippen LogP contribution in [0.25, 0.3) is 0 Å². The van der Waals surface area contributed by atoms with Gasteiger partial charge in [-0.15, -0.1) is 0 Å². The fourth-order valence-electron chi connectivity index (χ4n) is 6.81. The topological polar surface area (TPSA) is 27.9 Å². The van der Waals surface area contributed by atoms with Crippen molar-refractivity contribution in [2.75, 3.05) is 33.7 Å². The van der Waals surface area contributed by atoms with Crippen molar-refractivity contribution in [1.29, 1.82) is 0 Å². The zero-order valence-corrected chi connectivity index (χ0v) is 22.7. The van der Waals surface area contributed by atoms with Crippen molar-refractivity contribution in [3.63, 3.8) is 0 Å². The molecule has 1 aliphatic heterocycles. The van der Waals surface area contributed by atoms with Crippen LogP contribution in [0.4, 0.5) is 0 Å². The molecule has 1 saturated heterocycles. The quantitative estimate of drug-likeness (QED) is 0.491. The van der Waals surface area contributed by atoms with Gasteiger partial charge in [-0.2, -0.15) is 12.8 Å². The third-order valence-electron chi connectivity index (χ3n) is 8.67. The van der Waals surface area contributed by atoms with E-state index in [0.29, 0.717) is 29.7 Å². The minimum atomic E-state index is -0.185. The van der Waals surface area contributed by atoms with E-state index in [-0.39, 0.29) is 35.7 Å². The summed E-state index contributed by atoms with van der Waals surface area (Å²) in [7, 11) is 4.45. The van der Waals surface area contributed by atoms with E-state index in [4.69, 9.17) is 0 Å². The zero-order chi connectivity index (χ0) is 21.3. The van der Waals surface area contributed by atoms with E-state index >= 15 is 0 Å². The Bertz CT molecular complexity index is 661. The van der Waals surface area contributed by atoms with Crippen LogP contribution in [0.1, 0.15) is 52.4 Å². The number of fused-ring (bicyclic) bond motifs is 1. The SMILES string of the molecule is CCN1CCC(C(=C2C=CC([NH+](C)C)C=C2)C2C(O)C(C)CC3C[CH-]CCC32)CC1.[Na+]. The Labute approximate surface area is 213 Å². The molecule has 0 radical (unpaired) electrons. The van der Waals surface area contributed by atoms with Gasteiger partial charge in [0.15, 0.2) is 0 Å². The number of likely N-dealkylation sites (tertiary alicyclic amines) is 1. The predicted octanol–water partition coefficient (Wildman–Crippen LogP) is 0.295. The number of allylic oxidation sites excluding steroid dienone is 3. The number of nitrogens with one attached hydrogen (secondary N) is 1. The van der Waals surface area contributed by atoms with Crippen LogP contribution >= 0.6 is 0 Å². The van der Waals surface area contributed by atoms with Crippen LogP contribution in [0.2, 0.25) is 0 Å².